The highest BCUT2D eigenvalue weighted by Crippen LogP contribution is 2.34. The highest BCUT2D eigenvalue weighted by molar-refractivity contribution is 7.10. The smallest absolute Gasteiger partial charge is 0.313 e. The molecule has 1 aromatic carbocycles. The lowest BCUT2D eigenvalue weighted by molar-refractivity contribution is -0.136. The predicted octanol–water partition coefficient (Wildman–Crippen LogP) is 1.83. The van der Waals surface area contributed by atoms with E-state index in [-0.39, 0.29) is 12.8 Å². The Kier molecular flexibility index (Phi) is 5.20. The number of carbonyl (C=O) groups is 2. The van der Waals surface area contributed by atoms with Crippen molar-refractivity contribution in [3.05, 3.63) is 40.6 Å². The number of hydrogen-bond acceptors (Lipinski definition) is 6. The highest BCUT2D eigenvalue weighted by atomic mass is 32.1. The van der Waals surface area contributed by atoms with E-state index in [0.29, 0.717) is 23.7 Å². The predicted molar refractivity (Wildman–Crippen MR) is 95.0 cm³/mol. The van der Waals surface area contributed by atoms with Crippen LogP contribution in [0.2, 0.25) is 0 Å². The lowest BCUT2D eigenvalue weighted by Crippen LogP contribution is -2.40. The molecule has 1 aromatic heterocycles. The summed E-state index contributed by atoms with van der Waals surface area (Å²) in [5.41, 5.74) is 0.479. The van der Waals surface area contributed by atoms with Crippen LogP contribution in [0.25, 0.3) is 0 Å². The van der Waals surface area contributed by atoms with Crippen LogP contribution in [0.5, 0.6) is 11.5 Å². The minimum absolute atomic E-state index is 0.0160. The number of amides is 2. The second-order valence-electron chi connectivity index (χ2n) is 5.73. The molecule has 0 fully saturated rings. The van der Waals surface area contributed by atoms with Crippen LogP contribution in [-0.2, 0) is 9.59 Å². The van der Waals surface area contributed by atoms with Crippen LogP contribution in [0.1, 0.15) is 10.9 Å². The Balaban J connectivity index is 1.56. The SMILES string of the molecule is CN(C)[C@@H](CNC(=O)C(=O)Nc1ccc2c(c1)OCO2)c1cccs1. The van der Waals surface area contributed by atoms with Gasteiger partial charge < -0.3 is 25.0 Å². The highest BCUT2D eigenvalue weighted by Gasteiger charge is 2.20. The Morgan fingerprint density at radius 3 is 2.72 bits per heavy atom. The quantitative estimate of drug-likeness (QED) is 0.795. The largest absolute Gasteiger partial charge is 0.454 e. The van der Waals surface area contributed by atoms with Gasteiger partial charge in [0.15, 0.2) is 11.5 Å². The summed E-state index contributed by atoms with van der Waals surface area (Å²) in [7, 11) is 3.87. The van der Waals surface area contributed by atoms with Crippen molar-refractivity contribution in [2.45, 2.75) is 6.04 Å². The molecule has 0 spiro atoms. The van der Waals surface area contributed by atoms with Crippen molar-refractivity contribution in [1.29, 1.82) is 0 Å². The summed E-state index contributed by atoms with van der Waals surface area (Å²) in [6.07, 6.45) is 0. The normalized spacial score (nSPS) is 13.6. The third kappa shape index (κ3) is 4.09. The lowest BCUT2D eigenvalue weighted by atomic mass is 10.2. The van der Waals surface area contributed by atoms with Crippen molar-refractivity contribution in [2.24, 2.45) is 0 Å². The van der Waals surface area contributed by atoms with Crippen LogP contribution in [0.3, 0.4) is 0 Å². The van der Waals surface area contributed by atoms with E-state index in [1.807, 2.05) is 36.5 Å². The maximum absolute atomic E-state index is 12.1. The molecule has 2 heterocycles. The Labute approximate surface area is 149 Å². The van der Waals surface area contributed by atoms with E-state index in [1.54, 1.807) is 29.5 Å². The summed E-state index contributed by atoms with van der Waals surface area (Å²) in [6, 6.07) is 8.96. The van der Waals surface area contributed by atoms with E-state index >= 15 is 0 Å². The van der Waals surface area contributed by atoms with Crippen molar-refractivity contribution in [1.82, 2.24) is 10.2 Å². The average Bonchev–Trinajstić information content (AvgIpc) is 3.25. The topological polar surface area (TPSA) is 79.9 Å². The molecule has 2 N–H and O–H groups in total. The summed E-state index contributed by atoms with van der Waals surface area (Å²) in [4.78, 5) is 27.3. The molecule has 132 valence electrons. The zero-order chi connectivity index (χ0) is 17.8. The summed E-state index contributed by atoms with van der Waals surface area (Å²) < 4.78 is 10.5. The van der Waals surface area contributed by atoms with Crippen molar-refractivity contribution >= 4 is 28.8 Å². The van der Waals surface area contributed by atoms with Gasteiger partial charge >= 0.3 is 11.8 Å². The Bertz CT molecular complexity index is 761. The number of nitrogens with zero attached hydrogens (tertiary/aromatic N) is 1. The molecule has 25 heavy (non-hydrogen) atoms. The molecular weight excluding hydrogens is 342 g/mol. The maximum Gasteiger partial charge on any atom is 0.313 e. The van der Waals surface area contributed by atoms with E-state index in [4.69, 9.17) is 9.47 Å². The van der Waals surface area contributed by atoms with Gasteiger partial charge in [0.1, 0.15) is 0 Å². The van der Waals surface area contributed by atoms with E-state index in [9.17, 15) is 9.59 Å². The number of anilines is 1. The molecule has 0 saturated heterocycles. The molecule has 1 atom stereocenters. The standard InChI is InChI=1S/C17H19N3O4S/c1-20(2)12(15-4-3-7-25-15)9-18-16(21)17(22)19-11-5-6-13-14(8-11)24-10-23-13/h3-8,12H,9-10H2,1-2H3,(H,18,21)(H,19,22)/t12-/m0/s1. The Hall–Kier alpha value is -2.58. The number of hydrogen-bond donors (Lipinski definition) is 2. The summed E-state index contributed by atoms with van der Waals surface area (Å²) in [5.74, 6) is -0.237. The molecule has 1 aliphatic heterocycles. The zero-order valence-electron chi connectivity index (χ0n) is 13.9. The second kappa shape index (κ2) is 7.54. The van der Waals surface area contributed by atoms with E-state index in [1.165, 1.54) is 0 Å². The fourth-order valence-corrected chi connectivity index (χ4v) is 3.37. The average molecular weight is 361 g/mol. The fraction of sp³-hybridized carbons (Fsp3) is 0.294. The molecule has 0 bridgehead atoms. The summed E-state index contributed by atoms with van der Waals surface area (Å²) in [5, 5.41) is 7.23. The summed E-state index contributed by atoms with van der Waals surface area (Å²) >= 11 is 1.61. The molecule has 7 nitrogen and oxygen atoms in total. The molecule has 3 rings (SSSR count). The van der Waals surface area contributed by atoms with Gasteiger partial charge in [-0.2, -0.15) is 0 Å². The van der Waals surface area contributed by atoms with Crippen LogP contribution in [-0.4, -0.2) is 44.1 Å². The molecule has 0 aliphatic carbocycles. The molecule has 1 aliphatic rings. The van der Waals surface area contributed by atoms with Crippen molar-refractivity contribution < 1.29 is 19.1 Å². The van der Waals surface area contributed by atoms with Gasteiger partial charge in [0, 0.05) is 23.2 Å². The molecule has 8 heteroatoms. The van der Waals surface area contributed by atoms with Crippen molar-refractivity contribution in [3.63, 3.8) is 0 Å². The number of benzene rings is 1. The third-order valence-electron chi connectivity index (χ3n) is 3.79. The second-order valence-corrected chi connectivity index (χ2v) is 6.71. The third-order valence-corrected chi connectivity index (χ3v) is 4.76. The number of fused-ring (bicyclic) bond motifs is 1. The first kappa shape index (κ1) is 17.2. The van der Waals surface area contributed by atoms with Crippen molar-refractivity contribution in [3.8, 4) is 11.5 Å². The van der Waals surface area contributed by atoms with Gasteiger partial charge in [-0.15, -0.1) is 11.3 Å². The fourth-order valence-electron chi connectivity index (χ4n) is 2.45. The molecule has 2 aromatic rings. The molecular formula is C17H19N3O4S. The van der Waals surface area contributed by atoms with Crippen LogP contribution >= 0.6 is 11.3 Å². The first-order chi connectivity index (χ1) is 12.0. The van der Waals surface area contributed by atoms with E-state index in [2.05, 4.69) is 10.6 Å². The summed E-state index contributed by atoms with van der Waals surface area (Å²) in [6.45, 7) is 0.503. The monoisotopic (exact) mass is 361 g/mol. The van der Waals surface area contributed by atoms with Gasteiger partial charge in [0.05, 0.1) is 6.04 Å². The van der Waals surface area contributed by atoms with Gasteiger partial charge in [-0.05, 0) is 37.7 Å². The van der Waals surface area contributed by atoms with Crippen LogP contribution in [0.4, 0.5) is 5.69 Å². The van der Waals surface area contributed by atoms with Gasteiger partial charge in [-0.1, -0.05) is 6.07 Å². The molecule has 0 radical (unpaired) electrons. The van der Waals surface area contributed by atoms with E-state index < -0.39 is 11.8 Å². The number of rotatable bonds is 5. The van der Waals surface area contributed by atoms with Crippen molar-refractivity contribution in [2.75, 3.05) is 32.7 Å². The minimum Gasteiger partial charge on any atom is -0.454 e. The zero-order valence-corrected chi connectivity index (χ0v) is 14.8. The van der Waals surface area contributed by atoms with Gasteiger partial charge in [-0.25, -0.2) is 0 Å². The lowest BCUT2D eigenvalue weighted by Gasteiger charge is -2.23. The van der Waals surface area contributed by atoms with Crippen LogP contribution in [0.15, 0.2) is 35.7 Å². The molecule has 2 amide bonds. The first-order valence-electron chi connectivity index (χ1n) is 7.73. The Morgan fingerprint density at radius 2 is 2.00 bits per heavy atom. The van der Waals surface area contributed by atoms with Gasteiger partial charge in [0.2, 0.25) is 6.79 Å². The minimum atomic E-state index is -0.720. The van der Waals surface area contributed by atoms with Crippen LogP contribution < -0.4 is 20.1 Å². The number of thiophene rings is 1. The number of nitrogens with one attached hydrogen (secondary N) is 2. The number of carbonyl (C=O) groups excluding carboxylic acids is 2. The van der Waals surface area contributed by atoms with Gasteiger partial charge in [-0.3, -0.25) is 9.59 Å². The van der Waals surface area contributed by atoms with E-state index in [0.717, 1.165) is 4.88 Å². The number of ether oxygens (including phenoxy) is 2. The maximum atomic E-state index is 12.1. The molecule has 0 saturated carbocycles. The molecule has 0 unspecified atom stereocenters. The first-order valence-corrected chi connectivity index (χ1v) is 8.61. The van der Waals surface area contributed by atoms with Crippen LogP contribution in [0, 0.1) is 0 Å². The van der Waals surface area contributed by atoms with Gasteiger partial charge in [0.25, 0.3) is 0 Å². The Morgan fingerprint density at radius 1 is 1.20 bits per heavy atom. The number of likely N-dealkylation sites (N-methyl/N-ethyl adjacent to an activating group) is 1.